The Hall–Kier alpha value is -0.180. The van der Waals surface area contributed by atoms with Crippen LogP contribution in [0.4, 0.5) is 0 Å². The number of aliphatic hydroxyl groups is 1. The van der Waals surface area contributed by atoms with Crippen LogP contribution in [0.15, 0.2) is 0 Å². The Kier molecular flexibility index (Phi) is 4.33. The SMILES string of the molecule is CS(=O)(=O)CS(=O)(=O)NC1CCC(O)CC1. The number of sulfone groups is 1. The predicted molar refractivity (Wildman–Crippen MR) is 60.0 cm³/mol. The van der Waals surface area contributed by atoms with Crippen LogP contribution in [0.1, 0.15) is 25.7 Å². The van der Waals surface area contributed by atoms with Gasteiger partial charge in [0.15, 0.2) is 14.9 Å². The average Bonchev–Trinajstić information content (AvgIpc) is 2.04. The van der Waals surface area contributed by atoms with E-state index < -0.39 is 24.9 Å². The molecule has 1 aliphatic rings. The van der Waals surface area contributed by atoms with Crippen molar-refractivity contribution in [2.75, 3.05) is 11.3 Å². The van der Waals surface area contributed by atoms with Gasteiger partial charge >= 0.3 is 0 Å². The van der Waals surface area contributed by atoms with E-state index in [1.54, 1.807) is 0 Å². The lowest BCUT2D eigenvalue weighted by Gasteiger charge is -2.25. The molecule has 16 heavy (non-hydrogen) atoms. The molecule has 1 saturated carbocycles. The largest absolute Gasteiger partial charge is 0.393 e. The minimum atomic E-state index is -3.78. The molecule has 0 bridgehead atoms. The fraction of sp³-hybridized carbons (Fsp3) is 1.00. The number of nitrogens with one attached hydrogen (secondary N) is 1. The zero-order valence-corrected chi connectivity index (χ0v) is 10.7. The van der Waals surface area contributed by atoms with Gasteiger partial charge in [0, 0.05) is 12.3 Å². The van der Waals surface area contributed by atoms with Crippen molar-refractivity contribution < 1.29 is 21.9 Å². The Balaban J connectivity index is 2.54. The Morgan fingerprint density at radius 3 is 2.06 bits per heavy atom. The van der Waals surface area contributed by atoms with Crippen LogP contribution in [-0.4, -0.2) is 45.4 Å². The van der Waals surface area contributed by atoms with Gasteiger partial charge < -0.3 is 5.11 Å². The van der Waals surface area contributed by atoms with Gasteiger partial charge in [-0.05, 0) is 25.7 Å². The molecule has 0 saturated heterocycles. The van der Waals surface area contributed by atoms with E-state index >= 15 is 0 Å². The van der Waals surface area contributed by atoms with Gasteiger partial charge in [-0.15, -0.1) is 0 Å². The van der Waals surface area contributed by atoms with Crippen molar-refractivity contribution in [1.82, 2.24) is 4.72 Å². The van der Waals surface area contributed by atoms with E-state index in [0.717, 1.165) is 6.26 Å². The molecule has 0 unspecified atom stereocenters. The summed E-state index contributed by atoms with van der Waals surface area (Å²) < 4.78 is 47.0. The summed E-state index contributed by atoms with van der Waals surface area (Å²) in [5, 5.41) is 8.36. The van der Waals surface area contributed by atoms with Crippen molar-refractivity contribution in [2.45, 2.75) is 37.8 Å². The van der Waals surface area contributed by atoms with Crippen LogP contribution < -0.4 is 4.72 Å². The first-order chi connectivity index (χ1) is 7.18. The first kappa shape index (κ1) is 13.9. The van der Waals surface area contributed by atoms with Crippen molar-refractivity contribution >= 4 is 19.9 Å². The standard InChI is InChI=1S/C8H17NO5S2/c1-15(11,12)6-16(13,14)9-7-2-4-8(10)5-3-7/h7-10H,2-6H2,1H3. The lowest BCUT2D eigenvalue weighted by atomic mass is 9.94. The summed E-state index contributed by atoms with van der Waals surface area (Å²) in [6.45, 7) is 0. The molecule has 0 spiro atoms. The van der Waals surface area contributed by atoms with Crippen molar-refractivity contribution in [2.24, 2.45) is 0 Å². The lowest BCUT2D eigenvalue weighted by Crippen LogP contribution is -2.40. The van der Waals surface area contributed by atoms with Gasteiger partial charge in [-0.1, -0.05) is 0 Å². The summed E-state index contributed by atoms with van der Waals surface area (Å²) >= 11 is 0. The van der Waals surface area contributed by atoms with Gasteiger partial charge in [0.05, 0.1) is 6.10 Å². The molecule has 0 amide bonds. The highest BCUT2D eigenvalue weighted by molar-refractivity contribution is 8.06. The Morgan fingerprint density at radius 1 is 1.12 bits per heavy atom. The van der Waals surface area contributed by atoms with Crippen molar-refractivity contribution in [3.05, 3.63) is 0 Å². The second-order valence-corrected chi connectivity index (χ2v) is 8.54. The monoisotopic (exact) mass is 271 g/mol. The molecular weight excluding hydrogens is 254 g/mol. The van der Waals surface area contributed by atoms with E-state index in [4.69, 9.17) is 0 Å². The predicted octanol–water partition coefficient (Wildman–Crippen LogP) is -0.789. The van der Waals surface area contributed by atoms with E-state index in [9.17, 15) is 21.9 Å². The van der Waals surface area contributed by atoms with Crippen molar-refractivity contribution in [3.63, 3.8) is 0 Å². The molecular formula is C8H17NO5S2. The molecule has 0 atom stereocenters. The van der Waals surface area contributed by atoms with Crippen molar-refractivity contribution in [3.8, 4) is 0 Å². The zero-order valence-electron chi connectivity index (χ0n) is 9.09. The van der Waals surface area contributed by atoms with E-state index in [2.05, 4.69) is 4.72 Å². The molecule has 1 rings (SSSR count). The van der Waals surface area contributed by atoms with Crippen LogP contribution in [-0.2, 0) is 19.9 Å². The summed E-state index contributed by atoms with van der Waals surface area (Å²) in [6, 6.07) is -0.254. The highest BCUT2D eigenvalue weighted by atomic mass is 32.3. The topological polar surface area (TPSA) is 101 Å². The first-order valence-electron chi connectivity index (χ1n) is 5.04. The van der Waals surface area contributed by atoms with E-state index in [1.807, 2.05) is 0 Å². The normalized spacial score (nSPS) is 27.9. The number of aliphatic hydroxyl groups excluding tert-OH is 1. The molecule has 0 radical (unpaired) electrons. The molecule has 0 heterocycles. The Bertz CT molecular complexity index is 419. The number of sulfonamides is 1. The summed E-state index contributed by atoms with van der Waals surface area (Å²) in [7, 11) is -7.32. The van der Waals surface area contributed by atoms with Gasteiger partial charge in [-0.2, -0.15) is 0 Å². The highest BCUT2D eigenvalue weighted by Gasteiger charge is 2.25. The third kappa shape index (κ3) is 5.24. The van der Waals surface area contributed by atoms with Gasteiger partial charge in [0.25, 0.3) is 0 Å². The molecule has 0 aliphatic heterocycles. The Morgan fingerprint density at radius 2 is 1.62 bits per heavy atom. The second kappa shape index (κ2) is 4.99. The first-order valence-corrected chi connectivity index (χ1v) is 8.75. The average molecular weight is 271 g/mol. The number of hydrogen-bond acceptors (Lipinski definition) is 5. The van der Waals surface area contributed by atoms with Crippen LogP contribution in [0, 0.1) is 0 Å². The minimum absolute atomic E-state index is 0.254. The van der Waals surface area contributed by atoms with Crippen LogP contribution in [0.2, 0.25) is 0 Å². The second-order valence-electron chi connectivity index (χ2n) is 4.28. The maximum Gasteiger partial charge on any atom is 0.226 e. The molecule has 0 aromatic rings. The van der Waals surface area contributed by atoms with E-state index in [1.165, 1.54) is 0 Å². The molecule has 1 fully saturated rings. The molecule has 1 aliphatic carbocycles. The van der Waals surface area contributed by atoms with E-state index in [0.29, 0.717) is 25.7 Å². The maximum atomic E-state index is 11.4. The van der Waals surface area contributed by atoms with Crippen molar-refractivity contribution in [1.29, 1.82) is 0 Å². The number of rotatable bonds is 4. The van der Waals surface area contributed by atoms with Gasteiger partial charge in [0.2, 0.25) is 10.0 Å². The number of hydrogen-bond donors (Lipinski definition) is 2. The Labute approximate surface area is 96.0 Å². The molecule has 2 N–H and O–H groups in total. The highest BCUT2D eigenvalue weighted by Crippen LogP contribution is 2.19. The molecule has 0 aromatic carbocycles. The fourth-order valence-corrected chi connectivity index (χ4v) is 5.03. The molecule has 0 aromatic heterocycles. The molecule has 6 nitrogen and oxygen atoms in total. The van der Waals surface area contributed by atoms with Crippen LogP contribution >= 0.6 is 0 Å². The third-order valence-corrected chi connectivity index (χ3v) is 6.06. The minimum Gasteiger partial charge on any atom is -0.393 e. The summed E-state index contributed by atoms with van der Waals surface area (Å²) in [5.41, 5.74) is 0. The van der Waals surface area contributed by atoms with Crippen LogP contribution in [0.3, 0.4) is 0 Å². The van der Waals surface area contributed by atoms with Gasteiger partial charge in [-0.25, -0.2) is 21.6 Å². The van der Waals surface area contributed by atoms with Gasteiger partial charge in [0.1, 0.15) is 0 Å². The molecule has 96 valence electrons. The fourth-order valence-electron chi connectivity index (χ4n) is 1.76. The summed E-state index contributed by atoms with van der Waals surface area (Å²) in [6.07, 6.45) is 2.71. The maximum absolute atomic E-state index is 11.4. The third-order valence-electron chi connectivity index (χ3n) is 2.41. The molecule has 8 heteroatoms. The van der Waals surface area contributed by atoms with E-state index in [-0.39, 0.29) is 12.1 Å². The van der Waals surface area contributed by atoms with Gasteiger partial charge in [-0.3, -0.25) is 0 Å². The smallest absolute Gasteiger partial charge is 0.226 e. The lowest BCUT2D eigenvalue weighted by molar-refractivity contribution is 0.120. The van der Waals surface area contributed by atoms with Crippen LogP contribution in [0.25, 0.3) is 0 Å². The van der Waals surface area contributed by atoms with Crippen LogP contribution in [0.5, 0.6) is 0 Å². The summed E-state index contributed by atoms with van der Waals surface area (Å²) in [4.78, 5) is 0. The quantitative estimate of drug-likeness (QED) is 0.698. The zero-order chi connectivity index (χ0) is 12.4. The summed E-state index contributed by atoms with van der Waals surface area (Å²) in [5.74, 6) is 0.